The van der Waals surface area contributed by atoms with Gasteiger partial charge in [-0.2, -0.15) is 0 Å². The van der Waals surface area contributed by atoms with Gasteiger partial charge in [-0.25, -0.2) is 0 Å². The maximum absolute atomic E-state index is 6.14. The first kappa shape index (κ1) is 14.4. The molecule has 1 aromatic carbocycles. The standard InChI is InChI=1S/C16H23BO2/c1-7-9-13-12(2)10-8-11-14(13)17-18-15(3,4)16(5,6)19-17/h7-8,10-11H,1,9H2,2-6H3. The highest BCUT2D eigenvalue weighted by Crippen LogP contribution is 2.36. The van der Waals surface area contributed by atoms with E-state index in [0.29, 0.717) is 0 Å². The molecule has 3 heteroatoms. The van der Waals surface area contributed by atoms with Gasteiger partial charge in [0.25, 0.3) is 0 Å². The minimum absolute atomic E-state index is 0.292. The Bertz CT molecular complexity index is 476. The molecule has 0 radical (unpaired) electrons. The molecule has 0 aromatic heterocycles. The molecule has 2 nitrogen and oxygen atoms in total. The zero-order valence-electron chi connectivity index (χ0n) is 12.6. The molecule has 0 aliphatic carbocycles. The average Bonchev–Trinajstić information content (AvgIpc) is 2.51. The Morgan fingerprint density at radius 1 is 1.16 bits per heavy atom. The van der Waals surface area contributed by atoms with Crippen molar-refractivity contribution in [3.05, 3.63) is 42.0 Å². The molecule has 1 aliphatic rings. The van der Waals surface area contributed by atoms with Gasteiger partial charge < -0.3 is 9.31 Å². The van der Waals surface area contributed by atoms with E-state index < -0.39 is 0 Å². The van der Waals surface area contributed by atoms with E-state index in [-0.39, 0.29) is 18.3 Å². The zero-order chi connectivity index (χ0) is 14.3. The van der Waals surface area contributed by atoms with Crippen LogP contribution in [0.3, 0.4) is 0 Å². The van der Waals surface area contributed by atoms with Crippen molar-refractivity contribution in [3.8, 4) is 0 Å². The Morgan fingerprint density at radius 3 is 2.26 bits per heavy atom. The molecule has 102 valence electrons. The van der Waals surface area contributed by atoms with Crippen molar-refractivity contribution in [3.63, 3.8) is 0 Å². The van der Waals surface area contributed by atoms with E-state index in [4.69, 9.17) is 9.31 Å². The fraction of sp³-hybridized carbons (Fsp3) is 0.500. The van der Waals surface area contributed by atoms with Gasteiger partial charge in [-0.05, 0) is 57.6 Å². The SMILES string of the molecule is C=CCc1c(C)cccc1B1OC(C)(C)C(C)(C)O1. The molecule has 19 heavy (non-hydrogen) atoms. The molecule has 0 N–H and O–H groups in total. The van der Waals surface area contributed by atoms with E-state index in [2.05, 4.69) is 59.4 Å². The molecule has 1 fully saturated rings. The van der Waals surface area contributed by atoms with E-state index in [0.717, 1.165) is 11.9 Å². The topological polar surface area (TPSA) is 18.5 Å². The summed E-state index contributed by atoms with van der Waals surface area (Å²) in [5.41, 5.74) is 3.04. The molecule has 2 rings (SSSR count). The van der Waals surface area contributed by atoms with Gasteiger partial charge in [-0.1, -0.05) is 24.3 Å². The largest absolute Gasteiger partial charge is 0.495 e. The molecule has 0 atom stereocenters. The van der Waals surface area contributed by atoms with Crippen LogP contribution >= 0.6 is 0 Å². The van der Waals surface area contributed by atoms with Crippen LogP contribution in [0.5, 0.6) is 0 Å². The van der Waals surface area contributed by atoms with E-state index in [1.54, 1.807) is 0 Å². The molecule has 1 heterocycles. The molecule has 1 aliphatic heterocycles. The average molecular weight is 258 g/mol. The second-order valence-electron chi connectivity index (χ2n) is 6.22. The number of benzene rings is 1. The van der Waals surface area contributed by atoms with E-state index >= 15 is 0 Å². The van der Waals surface area contributed by atoms with Crippen molar-refractivity contribution < 1.29 is 9.31 Å². The van der Waals surface area contributed by atoms with Crippen molar-refractivity contribution in [2.45, 2.75) is 52.2 Å². The van der Waals surface area contributed by atoms with Gasteiger partial charge in [0.2, 0.25) is 0 Å². The van der Waals surface area contributed by atoms with Gasteiger partial charge in [0.1, 0.15) is 0 Å². The van der Waals surface area contributed by atoms with Crippen LogP contribution in [0.1, 0.15) is 38.8 Å². The van der Waals surface area contributed by atoms with Gasteiger partial charge in [0, 0.05) is 0 Å². The molecular weight excluding hydrogens is 235 g/mol. The number of allylic oxidation sites excluding steroid dienone is 1. The summed E-state index contributed by atoms with van der Waals surface area (Å²) in [5.74, 6) is 0. The molecule has 0 bridgehead atoms. The monoisotopic (exact) mass is 258 g/mol. The van der Waals surface area contributed by atoms with Gasteiger partial charge >= 0.3 is 7.12 Å². The number of aryl methyl sites for hydroxylation is 1. The lowest BCUT2D eigenvalue weighted by atomic mass is 9.74. The van der Waals surface area contributed by atoms with Crippen molar-refractivity contribution in [1.82, 2.24) is 0 Å². The van der Waals surface area contributed by atoms with Crippen LogP contribution in [0.2, 0.25) is 0 Å². The number of hydrogen-bond acceptors (Lipinski definition) is 2. The summed E-state index contributed by atoms with van der Waals surface area (Å²) in [7, 11) is -0.292. The highest BCUT2D eigenvalue weighted by molar-refractivity contribution is 6.62. The third-order valence-corrected chi connectivity index (χ3v) is 4.30. The first-order chi connectivity index (χ1) is 8.78. The van der Waals surface area contributed by atoms with Crippen molar-refractivity contribution >= 4 is 12.6 Å². The molecule has 0 spiro atoms. The van der Waals surface area contributed by atoms with Crippen LogP contribution in [0.25, 0.3) is 0 Å². The smallest absolute Gasteiger partial charge is 0.399 e. The third-order valence-electron chi connectivity index (χ3n) is 4.30. The van der Waals surface area contributed by atoms with E-state index in [1.165, 1.54) is 11.1 Å². The van der Waals surface area contributed by atoms with Crippen LogP contribution in [-0.4, -0.2) is 18.3 Å². The minimum atomic E-state index is -0.299. The first-order valence-corrected chi connectivity index (χ1v) is 6.83. The summed E-state index contributed by atoms with van der Waals surface area (Å²) in [6.07, 6.45) is 2.77. The summed E-state index contributed by atoms with van der Waals surface area (Å²) in [6, 6.07) is 6.27. The summed E-state index contributed by atoms with van der Waals surface area (Å²) >= 11 is 0. The highest BCUT2D eigenvalue weighted by Gasteiger charge is 2.52. The van der Waals surface area contributed by atoms with Crippen LogP contribution < -0.4 is 5.46 Å². The van der Waals surface area contributed by atoms with Crippen molar-refractivity contribution in [2.24, 2.45) is 0 Å². The van der Waals surface area contributed by atoms with Gasteiger partial charge in [0.15, 0.2) is 0 Å². The fourth-order valence-corrected chi connectivity index (χ4v) is 2.34. The molecule has 0 amide bonds. The van der Waals surface area contributed by atoms with Gasteiger partial charge in [-0.3, -0.25) is 0 Å². The maximum atomic E-state index is 6.14. The van der Waals surface area contributed by atoms with Crippen LogP contribution in [0.15, 0.2) is 30.9 Å². The summed E-state index contributed by atoms with van der Waals surface area (Å²) < 4.78 is 12.3. The second kappa shape index (κ2) is 4.80. The molecule has 1 aromatic rings. The number of hydrogen-bond donors (Lipinski definition) is 0. The first-order valence-electron chi connectivity index (χ1n) is 6.83. The molecule has 1 saturated heterocycles. The van der Waals surface area contributed by atoms with Gasteiger partial charge in [-0.15, -0.1) is 6.58 Å². The summed E-state index contributed by atoms with van der Waals surface area (Å²) in [6.45, 7) is 14.3. The van der Waals surface area contributed by atoms with Crippen LogP contribution in [0, 0.1) is 6.92 Å². The zero-order valence-corrected chi connectivity index (χ0v) is 12.6. The Hall–Kier alpha value is -1.06. The second-order valence-corrected chi connectivity index (χ2v) is 6.22. The predicted octanol–water partition coefficient (Wildman–Crippen LogP) is 3.02. The third kappa shape index (κ3) is 2.50. The fourth-order valence-electron chi connectivity index (χ4n) is 2.34. The highest BCUT2D eigenvalue weighted by atomic mass is 16.7. The lowest BCUT2D eigenvalue weighted by molar-refractivity contribution is 0.00578. The summed E-state index contributed by atoms with van der Waals surface area (Å²) in [4.78, 5) is 0. The van der Waals surface area contributed by atoms with Gasteiger partial charge in [0.05, 0.1) is 11.2 Å². The van der Waals surface area contributed by atoms with Crippen molar-refractivity contribution in [1.29, 1.82) is 0 Å². The van der Waals surface area contributed by atoms with E-state index in [1.807, 2.05) is 6.08 Å². The minimum Gasteiger partial charge on any atom is -0.399 e. The van der Waals surface area contributed by atoms with Crippen LogP contribution in [0.4, 0.5) is 0 Å². The molecule has 0 saturated carbocycles. The quantitative estimate of drug-likeness (QED) is 0.613. The molecule has 0 unspecified atom stereocenters. The van der Waals surface area contributed by atoms with Crippen molar-refractivity contribution in [2.75, 3.05) is 0 Å². The maximum Gasteiger partial charge on any atom is 0.495 e. The Morgan fingerprint density at radius 2 is 1.74 bits per heavy atom. The Kier molecular flexibility index (Phi) is 3.63. The van der Waals surface area contributed by atoms with Crippen LogP contribution in [-0.2, 0) is 15.7 Å². The Balaban J connectivity index is 2.39. The Labute approximate surface area is 117 Å². The normalized spacial score (nSPS) is 20.6. The predicted molar refractivity (Wildman–Crippen MR) is 80.8 cm³/mol. The lowest BCUT2D eigenvalue weighted by Gasteiger charge is -2.32. The number of rotatable bonds is 3. The lowest BCUT2D eigenvalue weighted by Crippen LogP contribution is -2.41. The summed E-state index contributed by atoms with van der Waals surface area (Å²) in [5, 5.41) is 0. The van der Waals surface area contributed by atoms with E-state index in [9.17, 15) is 0 Å². The molecular formula is C16H23BO2.